The molecule has 0 saturated carbocycles. The summed E-state index contributed by atoms with van der Waals surface area (Å²) in [5.41, 5.74) is -0.668. The fourth-order valence-electron chi connectivity index (χ4n) is 1.93. The SMILES string of the molecule is CNC(C(=O)O)C(C)CC(C)(C)C(=O)OC. The minimum atomic E-state index is -0.907. The first kappa shape index (κ1) is 14.9. The van der Waals surface area contributed by atoms with Gasteiger partial charge in [-0.05, 0) is 33.2 Å². The molecule has 0 rings (SSSR count). The lowest BCUT2D eigenvalue weighted by Gasteiger charge is -2.28. The molecule has 0 aliphatic carbocycles. The number of hydrogen-bond donors (Lipinski definition) is 2. The van der Waals surface area contributed by atoms with Crippen molar-refractivity contribution >= 4 is 11.9 Å². The minimum Gasteiger partial charge on any atom is -0.480 e. The summed E-state index contributed by atoms with van der Waals surface area (Å²) >= 11 is 0. The number of carboxylic acid groups (broad SMARTS) is 1. The molecule has 0 aliphatic rings. The highest BCUT2D eigenvalue weighted by molar-refractivity contribution is 5.76. The summed E-state index contributed by atoms with van der Waals surface area (Å²) in [6.07, 6.45) is 0.456. The van der Waals surface area contributed by atoms with Gasteiger partial charge < -0.3 is 15.2 Å². The average Bonchev–Trinajstić information content (AvgIpc) is 2.15. The number of esters is 1. The molecule has 0 aromatic carbocycles. The van der Waals surface area contributed by atoms with Gasteiger partial charge in [-0.15, -0.1) is 0 Å². The lowest BCUT2D eigenvalue weighted by atomic mass is 9.80. The molecule has 2 unspecified atom stereocenters. The van der Waals surface area contributed by atoms with Crippen LogP contribution in [-0.2, 0) is 14.3 Å². The Morgan fingerprint density at radius 1 is 1.44 bits per heavy atom. The summed E-state index contributed by atoms with van der Waals surface area (Å²) in [7, 11) is 2.93. The van der Waals surface area contributed by atoms with Crippen LogP contribution in [0.15, 0.2) is 0 Å². The second-order valence-corrected chi connectivity index (χ2v) is 4.66. The zero-order valence-corrected chi connectivity index (χ0v) is 10.5. The number of carbonyl (C=O) groups is 2. The van der Waals surface area contributed by atoms with Gasteiger partial charge >= 0.3 is 11.9 Å². The Bertz CT molecular complexity index is 263. The van der Waals surface area contributed by atoms with E-state index in [0.29, 0.717) is 6.42 Å². The Balaban J connectivity index is 4.59. The van der Waals surface area contributed by atoms with Crippen LogP contribution >= 0.6 is 0 Å². The van der Waals surface area contributed by atoms with Gasteiger partial charge in [0.1, 0.15) is 6.04 Å². The fraction of sp³-hybridized carbons (Fsp3) is 0.818. The zero-order valence-electron chi connectivity index (χ0n) is 10.5. The molecule has 16 heavy (non-hydrogen) atoms. The monoisotopic (exact) mass is 231 g/mol. The second-order valence-electron chi connectivity index (χ2n) is 4.66. The van der Waals surface area contributed by atoms with Gasteiger partial charge in [-0.2, -0.15) is 0 Å². The van der Waals surface area contributed by atoms with E-state index < -0.39 is 17.4 Å². The average molecular weight is 231 g/mol. The molecule has 0 heterocycles. The summed E-state index contributed by atoms with van der Waals surface area (Å²) in [6.45, 7) is 5.31. The number of aliphatic carboxylic acids is 1. The van der Waals surface area contributed by atoms with Crippen LogP contribution in [0.25, 0.3) is 0 Å². The summed E-state index contributed by atoms with van der Waals surface area (Å²) in [4.78, 5) is 22.4. The third-order valence-electron chi connectivity index (χ3n) is 2.72. The topological polar surface area (TPSA) is 75.6 Å². The molecule has 0 fully saturated rings. The standard InChI is InChI=1S/C11H21NO4/c1-7(8(12-4)9(13)14)6-11(2,3)10(15)16-5/h7-8,12H,6H2,1-5H3,(H,13,14). The van der Waals surface area contributed by atoms with E-state index in [1.807, 2.05) is 0 Å². The van der Waals surface area contributed by atoms with E-state index in [-0.39, 0.29) is 11.9 Å². The van der Waals surface area contributed by atoms with E-state index in [1.54, 1.807) is 27.8 Å². The fourth-order valence-corrected chi connectivity index (χ4v) is 1.93. The van der Waals surface area contributed by atoms with Gasteiger partial charge in [0.15, 0.2) is 0 Å². The Labute approximate surface area is 96.2 Å². The van der Waals surface area contributed by atoms with Crippen molar-refractivity contribution in [1.82, 2.24) is 5.32 Å². The number of carboxylic acids is 1. The van der Waals surface area contributed by atoms with Crippen molar-refractivity contribution in [1.29, 1.82) is 0 Å². The Hall–Kier alpha value is -1.10. The van der Waals surface area contributed by atoms with E-state index in [9.17, 15) is 9.59 Å². The Morgan fingerprint density at radius 2 is 1.94 bits per heavy atom. The second kappa shape index (κ2) is 5.84. The molecule has 2 N–H and O–H groups in total. The number of rotatable bonds is 6. The highest BCUT2D eigenvalue weighted by atomic mass is 16.5. The van der Waals surface area contributed by atoms with E-state index in [1.165, 1.54) is 7.11 Å². The van der Waals surface area contributed by atoms with E-state index in [0.717, 1.165) is 0 Å². The molecule has 5 nitrogen and oxygen atoms in total. The number of hydrogen-bond acceptors (Lipinski definition) is 4. The van der Waals surface area contributed by atoms with Crippen molar-refractivity contribution in [2.24, 2.45) is 11.3 Å². The maximum absolute atomic E-state index is 11.5. The molecule has 0 radical (unpaired) electrons. The van der Waals surface area contributed by atoms with Gasteiger partial charge in [-0.3, -0.25) is 9.59 Å². The van der Waals surface area contributed by atoms with Crippen molar-refractivity contribution in [3.8, 4) is 0 Å². The quantitative estimate of drug-likeness (QED) is 0.664. The lowest BCUT2D eigenvalue weighted by Crippen LogP contribution is -2.42. The highest BCUT2D eigenvalue weighted by Gasteiger charge is 2.34. The first-order chi connectivity index (χ1) is 7.26. The molecule has 0 aromatic rings. The molecule has 0 amide bonds. The normalized spacial score (nSPS) is 15.3. The molecule has 5 heteroatoms. The zero-order chi connectivity index (χ0) is 12.9. The third kappa shape index (κ3) is 3.81. The lowest BCUT2D eigenvalue weighted by molar-refractivity contribution is -0.153. The largest absolute Gasteiger partial charge is 0.480 e. The number of carbonyl (C=O) groups excluding carboxylic acids is 1. The maximum Gasteiger partial charge on any atom is 0.320 e. The molecular formula is C11H21NO4. The van der Waals surface area contributed by atoms with Crippen LogP contribution in [0.3, 0.4) is 0 Å². The van der Waals surface area contributed by atoms with Gasteiger partial charge in [0, 0.05) is 0 Å². The van der Waals surface area contributed by atoms with Gasteiger partial charge in [0.25, 0.3) is 0 Å². The predicted octanol–water partition coefficient (Wildman–Crippen LogP) is 0.884. The smallest absolute Gasteiger partial charge is 0.320 e. The van der Waals surface area contributed by atoms with Crippen molar-refractivity contribution in [3.05, 3.63) is 0 Å². The number of nitrogens with one attached hydrogen (secondary N) is 1. The van der Waals surface area contributed by atoms with Crippen LogP contribution in [0.2, 0.25) is 0 Å². The van der Waals surface area contributed by atoms with Crippen molar-refractivity contribution in [2.75, 3.05) is 14.2 Å². The summed E-state index contributed by atoms with van der Waals surface area (Å²) in [6, 6.07) is -0.649. The third-order valence-corrected chi connectivity index (χ3v) is 2.72. The van der Waals surface area contributed by atoms with Crippen LogP contribution in [0.1, 0.15) is 27.2 Å². The maximum atomic E-state index is 11.5. The number of ether oxygens (including phenoxy) is 1. The van der Waals surface area contributed by atoms with Crippen LogP contribution in [0.4, 0.5) is 0 Å². The summed E-state index contributed by atoms with van der Waals surface area (Å²) in [5, 5.41) is 11.7. The molecule has 94 valence electrons. The Morgan fingerprint density at radius 3 is 2.25 bits per heavy atom. The van der Waals surface area contributed by atoms with Gasteiger partial charge in [0.05, 0.1) is 12.5 Å². The van der Waals surface area contributed by atoms with Gasteiger partial charge in [-0.25, -0.2) is 0 Å². The van der Waals surface area contributed by atoms with Crippen LogP contribution in [0, 0.1) is 11.3 Å². The molecule has 2 atom stereocenters. The summed E-state index contributed by atoms with van der Waals surface area (Å²) < 4.78 is 4.68. The van der Waals surface area contributed by atoms with Crippen LogP contribution in [0.5, 0.6) is 0 Å². The van der Waals surface area contributed by atoms with Crippen LogP contribution < -0.4 is 5.32 Å². The molecule has 0 spiro atoms. The number of methoxy groups -OCH3 is 1. The minimum absolute atomic E-state index is 0.156. The highest BCUT2D eigenvalue weighted by Crippen LogP contribution is 2.28. The first-order valence-corrected chi connectivity index (χ1v) is 5.24. The van der Waals surface area contributed by atoms with Gasteiger partial charge in [0.2, 0.25) is 0 Å². The van der Waals surface area contributed by atoms with Gasteiger partial charge in [-0.1, -0.05) is 6.92 Å². The van der Waals surface area contributed by atoms with Crippen LogP contribution in [-0.4, -0.2) is 37.2 Å². The molecule has 0 aliphatic heterocycles. The van der Waals surface area contributed by atoms with Crippen molar-refractivity contribution in [3.63, 3.8) is 0 Å². The molecule has 0 saturated heterocycles. The number of likely N-dealkylation sites (N-methyl/N-ethyl adjacent to an activating group) is 1. The molecular weight excluding hydrogens is 210 g/mol. The first-order valence-electron chi connectivity index (χ1n) is 5.24. The van der Waals surface area contributed by atoms with E-state index >= 15 is 0 Å². The molecule has 0 bridgehead atoms. The van der Waals surface area contributed by atoms with Crippen molar-refractivity contribution < 1.29 is 19.4 Å². The summed E-state index contributed by atoms with van der Waals surface area (Å²) in [5.74, 6) is -1.38. The molecule has 0 aromatic heterocycles. The predicted molar refractivity (Wildman–Crippen MR) is 60.1 cm³/mol. The van der Waals surface area contributed by atoms with E-state index in [2.05, 4.69) is 10.1 Å². The van der Waals surface area contributed by atoms with Crippen molar-refractivity contribution in [2.45, 2.75) is 33.2 Å². The van der Waals surface area contributed by atoms with E-state index in [4.69, 9.17) is 5.11 Å². The Kier molecular flexibility index (Phi) is 5.44.